The molecule has 26 heteroatoms. The molecule has 0 bridgehead atoms. The Balaban J connectivity index is 1.44. The van der Waals surface area contributed by atoms with E-state index < -0.39 is 143 Å². The number of carbonyl (C=O) groups excluding carboxylic acids is 1. The normalized spacial score (nSPS) is 32.0. The van der Waals surface area contributed by atoms with E-state index in [1.807, 2.05) is 0 Å². The van der Waals surface area contributed by atoms with Crippen LogP contribution in [0.25, 0.3) is 12.2 Å². The van der Waals surface area contributed by atoms with Crippen molar-refractivity contribution in [3.05, 3.63) is 47.0 Å². The number of allylic oxidation sites excluding steroid dienone is 1. The number of carbonyl (C=O) groups is 2. The number of esters is 1. The molecule has 0 radical (unpaired) electrons. The molecule has 26 nitrogen and oxygen atoms in total. The van der Waals surface area contributed by atoms with Crippen LogP contribution in [0, 0.1) is 0 Å². The molecule has 0 amide bonds. The van der Waals surface area contributed by atoms with Crippen molar-refractivity contribution < 1.29 is 128 Å². The molecule has 3 aliphatic heterocycles. The smallest absolute Gasteiger partial charge is 0.336 e. The average Bonchev–Trinajstić information content (AvgIpc) is 3.35. The van der Waals surface area contributed by atoms with Gasteiger partial charge in [-0.25, -0.2) is 4.79 Å². The van der Waals surface area contributed by atoms with Gasteiger partial charge < -0.3 is 118 Å². The number of methoxy groups -OCH3 is 4. The summed E-state index contributed by atoms with van der Waals surface area (Å²) in [6.45, 7) is -1.74. The molecule has 398 valence electrons. The fraction of sp³-hybridized carbons (Fsp3) is 0.600. The standard InChI is InChI=1S/C45H62O26/c1-45(44(59)60,71-43-37(58)34(55)31(52)27(18-48)68-43)15-28(49)65-11-7-9-20-14-24(63-4)40(70-42-36(57)33(54)30(51)26(17-47)67-42)38(64-5)21(20)10-6-8-19-12-22(61-2)39(23(13-19)62-3)69-41-35(56)32(53)29(50)25(16-46)66-41/h6-9,12-14,25-27,29-37,41-43,46-48,50-58H,10-11,15-18H2,1-5H3,(H,59,60)/t25-,26-,27-,29-,30-,31-,32-,33-,34-,35-,36-,37-,41+,42+,43+,45+/m0/s1. The molecule has 2 aromatic carbocycles. The van der Waals surface area contributed by atoms with Crippen LogP contribution in [0.2, 0.25) is 0 Å². The van der Waals surface area contributed by atoms with Gasteiger partial charge in [0.2, 0.25) is 24.1 Å². The first-order valence-electron chi connectivity index (χ1n) is 21.9. The fourth-order valence-electron chi connectivity index (χ4n) is 7.73. The molecule has 0 saturated carbocycles. The summed E-state index contributed by atoms with van der Waals surface area (Å²) in [5.74, 6) is -2.89. The van der Waals surface area contributed by atoms with Crippen LogP contribution in [0.5, 0.6) is 34.5 Å². The van der Waals surface area contributed by atoms with Crippen molar-refractivity contribution in [2.75, 3.05) is 54.9 Å². The first kappa shape index (κ1) is 56.9. The monoisotopic (exact) mass is 1020 g/mol. The highest BCUT2D eigenvalue weighted by Gasteiger charge is 2.50. The quantitative estimate of drug-likeness (QED) is 0.0499. The van der Waals surface area contributed by atoms with Gasteiger partial charge in [-0.3, -0.25) is 4.79 Å². The van der Waals surface area contributed by atoms with Crippen LogP contribution < -0.4 is 28.4 Å². The molecule has 3 saturated heterocycles. The number of aliphatic carboxylic acids is 1. The summed E-state index contributed by atoms with van der Waals surface area (Å²) < 4.78 is 61.5. The number of ether oxygens (including phenoxy) is 11. The largest absolute Gasteiger partial charge is 0.493 e. The van der Waals surface area contributed by atoms with Crippen molar-refractivity contribution >= 4 is 24.1 Å². The zero-order valence-corrected chi connectivity index (χ0v) is 39.1. The second kappa shape index (κ2) is 25.1. The topological polar surface area (TPSA) is 399 Å². The van der Waals surface area contributed by atoms with E-state index in [1.165, 1.54) is 58.8 Å². The minimum absolute atomic E-state index is 0.00230. The van der Waals surface area contributed by atoms with E-state index in [0.29, 0.717) is 16.7 Å². The molecule has 0 unspecified atom stereocenters. The second-order valence-electron chi connectivity index (χ2n) is 16.6. The van der Waals surface area contributed by atoms with E-state index in [4.69, 9.17) is 52.1 Å². The van der Waals surface area contributed by atoms with Crippen LogP contribution in [0.4, 0.5) is 0 Å². The van der Waals surface area contributed by atoms with Crippen LogP contribution in [0.1, 0.15) is 30.0 Å². The highest BCUT2D eigenvalue weighted by atomic mass is 16.7. The molecular formula is C45H62O26. The van der Waals surface area contributed by atoms with Gasteiger partial charge >= 0.3 is 11.9 Å². The summed E-state index contributed by atoms with van der Waals surface area (Å²) in [6, 6.07) is 4.52. The lowest BCUT2D eigenvalue weighted by molar-refractivity contribution is -0.322. The van der Waals surface area contributed by atoms with E-state index in [0.717, 1.165) is 6.92 Å². The zero-order valence-electron chi connectivity index (χ0n) is 39.1. The molecule has 0 aromatic heterocycles. The van der Waals surface area contributed by atoms with Crippen LogP contribution in [0.15, 0.2) is 30.4 Å². The Kier molecular flexibility index (Phi) is 20.1. The van der Waals surface area contributed by atoms with E-state index in [9.17, 15) is 76.0 Å². The molecule has 3 aliphatic rings. The fourth-order valence-corrected chi connectivity index (χ4v) is 7.73. The van der Waals surface area contributed by atoms with Crippen molar-refractivity contribution in [2.24, 2.45) is 0 Å². The molecule has 0 aliphatic carbocycles. The summed E-state index contributed by atoms with van der Waals surface area (Å²) in [5.41, 5.74) is -1.25. The maximum atomic E-state index is 13.1. The summed E-state index contributed by atoms with van der Waals surface area (Å²) >= 11 is 0. The van der Waals surface area contributed by atoms with Gasteiger partial charge in [0, 0.05) is 5.56 Å². The molecule has 5 rings (SSSR count). The predicted octanol–water partition coefficient (Wildman–Crippen LogP) is -4.06. The average molecular weight is 1020 g/mol. The molecule has 0 spiro atoms. The number of rotatable bonds is 22. The minimum atomic E-state index is -2.41. The lowest BCUT2D eigenvalue weighted by Crippen LogP contribution is -2.61. The van der Waals surface area contributed by atoms with Gasteiger partial charge in [0.05, 0.1) is 54.7 Å². The lowest BCUT2D eigenvalue weighted by Gasteiger charge is -2.42. The Hall–Kier alpha value is -4.98. The van der Waals surface area contributed by atoms with Crippen molar-refractivity contribution in [3.8, 4) is 34.5 Å². The van der Waals surface area contributed by atoms with Gasteiger partial charge in [-0.1, -0.05) is 18.2 Å². The third kappa shape index (κ3) is 12.8. The number of carboxylic acid groups (broad SMARTS) is 1. The number of carboxylic acids is 1. The van der Waals surface area contributed by atoms with Gasteiger partial charge in [0.15, 0.2) is 34.9 Å². The van der Waals surface area contributed by atoms with E-state index in [2.05, 4.69) is 0 Å². The van der Waals surface area contributed by atoms with E-state index in [-0.39, 0.29) is 40.9 Å². The number of hydrogen-bond acceptors (Lipinski definition) is 25. The molecule has 3 heterocycles. The summed E-state index contributed by atoms with van der Waals surface area (Å²) in [4.78, 5) is 25.4. The number of hydrogen-bond donors (Lipinski definition) is 13. The highest BCUT2D eigenvalue weighted by molar-refractivity contribution is 5.84. The molecule has 2 aromatic rings. The third-order valence-corrected chi connectivity index (χ3v) is 11.8. The van der Waals surface area contributed by atoms with Crippen molar-refractivity contribution in [1.82, 2.24) is 0 Å². The Morgan fingerprint density at radius 3 is 1.48 bits per heavy atom. The van der Waals surface area contributed by atoms with E-state index >= 15 is 0 Å². The minimum Gasteiger partial charge on any atom is -0.493 e. The van der Waals surface area contributed by atoms with Gasteiger partial charge in [0.1, 0.15) is 79.9 Å². The molecular weight excluding hydrogens is 956 g/mol. The highest BCUT2D eigenvalue weighted by Crippen LogP contribution is 2.45. The van der Waals surface area contributed by atoms with Crippen LogP contribution >= 0.6 is 0 Å². The summed E-state index contributed by atoms with van der Waals surface area (Å²) in [6.07, 6.45) is -20.0. The number of aliphatic hydroxyl groups excluding tert-OH is 12. The number of aliphatic hydroxyl groups is 12. The van der Waals surface area contributed by atoms with Crippen molar-refractivity contribution in [1.29, 1.82) is 0 Å². The van der Waals surface area contributed by atoms with Gasteiger partial charge in [-0.05, 0) is 48.7 Å². The maximum absolute atomic E-state index is 13.1. The Morgan fingerprint density at radius 2 is 1.03 bits per heavy atom. The number of benzene rings is 2. The Morgan fingerprint density at radius 1 is 0.577 bits per heavy atom. The summed E-state index contributed by atoms with van der Waals surface area (Å²) in [7, 11) is 5.20. The molecule has 16 atom stereocenters. The Bertz CT molecular complexity index is 2120. The van der Waals surface area contributed by atoms with Crippen LogP contribution in [-0.4, -0.2) is 231 Å². The van der Waals surface area contributed by atoms with Gasteiger partial charge in [0.25, 0.3) is 0 Å². The van der Waals surface area contributed by atoms with Gasteiger partial charge in [-0.15, -0.1) is 0 Å². The van der Waals surface area contributed by atoms with Crippen LogP contribution in [0.3, 0.4) is 0 Å². The maximum Gasteiger partial charge on any atom is 0.336 e. The SMILES string of the molecule is COc1cc(C=CCc2c(C=CCOC(=O)C[C@@](C)(O[C@H]3O[C@@H](CO)[C@H](O)[C@H](O)[C@@H]3O)C(=O)O)cc(OC)c(O[C@H]3O[C@@H](CO)[C@H](O)[C@H](O)[C@@H]3O)c2OC)cc(OC)c1O[C@H]1O[C@@H](CO)[C@H](O)[C@H](O)[C@@H]1O. The van der Waals surface area contributed by atoms with Crippen molar-refractivity contribution in [2.45, 2.75) is 117 Å². The first-order chi connectivity index (χ1) is 33.7. The first-order valence-corrected chi connectivity index (χ1v) is 21.9. The zero-order chi connectivity index (χ0) is 52.5. The molecule has 13 N–H and O–H groups in total. The second-order valence-corrected chi connectivity index (χ2v) is 16.6. The lowest BCUT2D eigenvalue weighted by atomic mass is 9.98. The van der Waals surface area contributed by atoms with Gasteiger partial charge in [-0.2, -0.15) is 0 Å². The van der Waals surface area contributed by atoms with Crippen LogP contribution in [-0.2, 0) is 39.7 Å². The summed E-state index contributed by atoms with van der Waals surface area (Å²) in [5, 5.41) is 132. The Labute approximate surface area is 405 Å². The van der Waals surface area contributed by atoms with E-state index in [1.54, 1.807) is 12.2 Å². The van der Waals surface area contributed by atoms with Crippen molar-refractivity contribution in [3.63, 3.8) is 0 Å². The third-order valence-electron chi connectivity index (χ3n) is 11.8. The predicted molar refractivity (Wildman–Crippen MR) is 236 cm³/mol. The molecule has 3 fully saturated rings. The molecule has 71 heavy (non-hydrogen) atoms.